The molecule has 2 unspecified atom stereocenters. The van der Waals surface area contributed by atoms with Crippen LogP contribution in [0.2, 0.25) is 0 Å². The van der Waals surface area contributed by atoms with Gasteiger partial charge in [0, 0.05) is 0 Å². The monoisotopic (exact) mass is 254 g/mol. The Labute approximate surface area is 111 Å². The van der Waals surface area contributed by atoms with Crippen LogP contribution in [0.1, 0.15) is 46.0 Å². The van der Waals surface area contributed by atoms with Crippen LogP contribution < -0.4 is 5.32 Å². The van der Waals surface area contributed by atoms with Crippen molar-refractivity contribution >= 4 is 11.8 Å². The van der Waals surface area contributed by atoms with Gasteiger partial charge < -0.3 is 5.32 Å². The van der Waals surface area contributed by atoms with Gasteiger partial charge in [-0.1, -0.05) is 20.3 Å². The summed E-state index contributed by atoms with van der Waals surface area (Å²) in [6, 6.07) is 2.52. The summed E-state index contributed by atoms with van der Waals surface area (Å²) < 4.78 is 0. The van der Waals surface area contributed by atoms with E-state index in [9.17, 15) is 5.26 Å². The van der Waals surface area contributed by atoms with Gasteiger partial charge >= 0.3 is 0 Å². The SMILES string of the molecule is CNC1(C#N)CCCC1CCSCCC(C)C. The van der Waals surface area contributed by atoms with E-state index in [0.717, 1.165) is 12.3 Å². The zero-order chi connectivity index (χ0) is 12.7. The van der Waals surface area contributed by atoms with E-state index >= 15 is 0 Å². The molecule has 0 radical (unpaired) electrons. The Hall–Kier alpha value is -0.200. The maximum absolute atomic E-state index is 9.34. The van der Waals surface area contributed by atoms with Crippen LogP contribution in [0.4, 0.5) is 0 Å². The second-order valence-electron chi connectivity index (χ2n) is 5.51. The Balaban J connectivity index is 2.25. The largest absolute Gasteiger partial charge is 0.302 e. The second kappa shape index (κ2) is 7.28. The third-order valence-electron chi connectivity index (χ3n) is 3.92. The second-order valence-corrected chi connectivity index (χ2v) is 6.73. The van der Waals surface area contributed by atoms with E-state index in [2.05, 4.69) is 37.0 Å². The number of hydrogen-bond acceptors (Lipinski definition) is 3. The van der Waals surface area contributed by atoms with Crippen molar-refractivity contribution < 1.29 is 0 Å². The highest BCUT2D eigenvalue weighted by Gasteiger charge is 2.41. The first kappa shape index (κ1) is 14.9. The molecular weight excluding hydrogens is 228 g/mol. The van der Waals surface area contributed by atoms with Crippen molar-refractivity contribution in [2.45, 2.75) is 51.5 Å². The van der Waals surface area contributed by atoms with Gasteiger partial charge in [-0.2, -0.15) is 17.0 Å². The molecule has 2 atom stereocenters. The molecule has 0 aromatic heterocycles. The Morgan fingerprint density at radius 1 is 1.47 bits per heavy atom. The van der Waals surface area contributed by atoms with Crippen LogP contribution >= 0.6 is 11.8 Å². The van der Waals surface area contributed by atoms with Crippen LogP contribution in [0.5, 0.6) is 0 Å². The zero-order valence-corrected chi connectivity index (χ0v) is 12.3. The van der Waals surface area contributed by atoms with Gasteiger partial charge in [-0.25, -0.2) is 0 Å². The van der Waals surface area contributed by atoms with Crippen LogP contribution in [-0.4, -0.2) is 24.1 Å². The number of hydrogen-bond donors (Lipinski definition) is 1. The van der Waals surface area contributed by atoms with Gasteiger partial charge in [-0.3, -0.25) is 0 Å². The van der Waals surface area contributed by atoms with Crippen LogP contribution in [-0.2, 0) is 0 Å². The predicted molar refractivity (Wildman–Crippen MR) is 76.1 cm³/mol. The van der Waals surface area contributed by atoms with Gasteiger partial charge in [0.25, 0.3) is 0 Å². The van der Waals surface area contributed by atoms with Crippen LogP contribution in [0, 0.1) is 23.2 Å². The summed E-state index contributed by atoms with van der Waals surface area (Å²) in [5.74, 6) is 3.85. The van der Waals surface area contributed by atoms with E-state index in [4.69, 9.17) is 0 Å². The van der Waals surface area contributed by atoms with Crippen molar-refractivity contribution in [2.24, 2.45) is 11.8 Å². The first-order valence-electron chi connectivity index (χ1n) is 6.82. The fourth-order valence-electron chi connectivity index (χ4n) is 2.65. The molecule has 0 aromatic rings. The molecule has 3 heteroatoms. The maximum Gasteiger partial charge on any atom is 0.109 e. The van der Waals surface area contributed by atoms with Gasteiger partial charge in [0.15, 0.2) is 0 Å². The van der Waals surface area contributed by atoms with E-state index in [1.807, 2.05) is 7.05 Å². The third-order valence-corrected chi connectivity index (χ3v) is 4.97. The van der Waals surface area contributed by atoms with Crippen molar-refractivity contribution in [3.8, 4) is 6.07 Å². The van der Waals surface area contributed by atoms with E-state index < -0.39 is 0 Å². The standard InChI is InChI=1S/C14H26N2S/c1-12(2)6-9-17-10-7-13-5-4-8-14(13,11-15)16-3/h12-13,16H,4-10H2,1-3H3. The highest BCUT2D eigenvalue weighted by Crippen LogP contribution is 2.37. The Kier molecular flexibility index (Phi) is 6.37. The third kappa shape index (κ3) is 4.19. The normalized spacial score (nSPS) is 28.5. The number of nitriles is 1. The summed E-state index contributed by atoms with van der Waals surface area (Å²) in [4.78, 5) is 0. The maximum atomic E-state index is 9.34. The number of thioether (sulfide) groups is 1. The lowest BCUT2D eigenvalue weighted by atomic mass is 9.87. The molecule has 0 spiro atoms. The van der Waals surface area contributed by atoms with Crippen molar-refractivity contribution in [3.05, 3.63) is 0 Å². The van der Waals surface area contributed by atoms with Crippen molar-refractivity contribution in [1.82, 2.24) is 5.32 Å². The summed E-state index contributed by atoms with van der Waals surface area (Å²) in [5, 5.41) is 12.6. The molecule has 17 heavy (non-hydrogen) atoms. The first-order valence-corrected chi connectivity index (χ1v) is 7.98. The first-order chi connectivity index (χ1) is 8.14. The minimum Gasteiger partial charge on any atom is -0.302 e. The lowest BCUT2D eigenvalue weighted by Gasteiger charge is -2.28. The lowest BCUT2D eigenvalue weighted by molar-refractivity contribution is 0.332. The Bertz CT molecular complexity index is 259. The minimum atomic E-state index is -0.224. The lowest BCUT2D eigenvalue weighted by Crippen LogP contribution is -2.44. The average molecular weight is 254 g/mol. The summed E-state index contributed by atoms with van der Waals surface area (Å²) in [7, 11) is 1.94. The molecule has 0 aromatic carbocycles. The van der Waals surface area contributed by atoms with Crippen molar-refractivity contribution in [1.29, 1.82) is 5.26 Å². The number of rotatable bonds is 7. The van der Waals surface area contributed by atoms with Gasteiger partial charge in [-0.15, -0.1) is 0 Å². The molecule has 1 N–H and O–H groups in total. The van der Waals surface area contributed by atoms with Gasteiger partial charge in [0.2, 0.25) is 0 Å². The molecule has 1 fully saturated rings. The number of nitrogens with one attached hydrogen (secondary N) is 1. The summed E-state index contributed by atoms with van der Waals surface area (Å²) in [6.07, 6.45) is 5.96. The molecular formula is C14H26N2S. The quantitative estimate of drug-likeness (QED) is 0.707. The molecule has 0 amide bonds. The van der Waals surface area contributed by atoms with Crippen LogP contribution in [0.3, 0.4) is 0 Å². The fourth-order valence-corrected chi connectivity index (χ4v) is 3.94. The van der Waals surface area contributed by atoms with Gasteiger partial charge in [0.05, 0.1) is 6.07 Å². The molecule has 1 aliphatic carbocycles. The van der Waals surface area contributed by atoms with Gasteiger partial charge in [0.1, 0.15) is 5.54 Å². The molecule has 2 nitrogen and oxygen atoms in total. The van der Waals surface area contributed by atoms with Crippen LogP contribution in [0.15, 0.2) is 0 Å². The predicted octanol–water partition coefficient (Wildman–Crippen LogP) is 3.44. The Morgan fingerprint density at radius 2 is 2.24 bits per heavy atom. The smallest absolute Gasteiger partial charge is 0.109 e. The molecule has 1 aliphatic rings. The molecule has 1 saturated carbocycles. The fraction of sp³-hybridized carbons (Fsp3) is 0.929. The average Bonchev–Trinajstić information content (AvgIpc) is 2.72. The molecule has 0 aliphatic heterocycles. The van der Waals surface area contributed by atoms with E-state index in [1.165, 1.54) is 37.2 Å². The highest BCUT2D eigenvalue weighted by molar-refractivity contribution is 7.99. The van der Waals surface area contributed by atoms with E-state index in [-0.39, 0.29) is 5.54 Å². The summed E-state index contributed by atoms with van der Waals surface area (Å²) in [6.45, 7) is 4.55. The molecule has 0 heterocycles. The molecule has 98 valence electrons. The number of nitrogens with zero attached hydrogens (tertiary/aromatic N) is 1. The summed E-state index contributed by atoms with van der Waals surface area (Å²) >= 11 is 2.05. The molecule has 0 bridgehead atoms. The van der Waals surface area contributed by atoms with E-state index in [1.54, 1.807) is 0 Å². The van der Waals surface area contributed by atoms with Gasteiger partial charge in [-0.05, 0) is 56.1 Å². The summed E-state index contributed by atoms with van der Waals surface area (Å²) in [5.41, 5.74) is -0.224. The van der Waals surface area contributed by atoms with Crippen molar-refractivity contribution in [3.63, 3.8) is 0 Å². The highest BCUT2D eigenvalue weighted by atomic mass is 32.2. The molecule has 0 saturated heterocycles. The molecule has 1 rings (SSSR count). The topological polar surface area (TPSA) is 35.8 Å². The minimum absolute atomic E-state index is 0.224. The Morgan fingerprint density at radius 3 is 2.82 bits per heavy atom. The van der Waals surface area contributed by atoms with Crippen molar-refractivity contribution in [2.75, 3.05) is 18.6 Å². The van der Waals surface area contributed by atoms with Crippen LogP contribution in [0.25, 0.3) is 0 Å². The van der Waals surface area contributed by atoms with E-state index in [0.29, 0.717) is 5.92 Å². The zero-order valence-electron chi connectivity index (χ0n) is 11.5.